The van der Waals surface area contributed by atoms with Crippen molar-refractivity contribution in [2.75, 3.05) is 27.4 Å². The van der Waals surface area contributed by atoms with Gasteiger partial charge in [0.1, 0.15) is 19.0 Å². The van der Waals surface area contributed by atoms with Gasteiger partial charge < -0.3 is 30.0 Å². The number of pyridine rings is 1. The highest BCUT2D eigenvalue weighted by Crippen LogP contribution is 2.27. The molecule has 0 bridgehead atoms. The van der Waals surface area contributed by atoms with Crippen LogP contribution in [-0.2, 0) is 13.1 Å². The van der Waals surface area contributed by atoms with Gasteiger partial charge in [-0.15, -0.1) is 24.0 Å². The number of aromatic nitrogens is 1. The van der Waals surface area contributed by atoms with Crippen LogP contribution in [0.2, 0.25) is 0 Å². The molecule has 3 N–H and O–H groups in total. The molecule has 176 valence electrons. The molecule has 0 aliphatic carbocycles. The summed E-state index contributed by atoms with van der Waals surface area (Å²) in [6, 6.07) is 19.0. The molecule has 0 aliphatic rings. The fourth-order valence-electron chi connectivity index (χ4n) is 2.83. The molecule has 0 spiro atoms. The molecule has 0 saturated heterocycles. The number of methoxy groups -OCH3 is 2. The fraction of sp³-hybridized carbons (Fsp3) is 0.250. The number of rotatable bonds is 11. The summed E-state index contributed by atoms with van der Waals surface area (Å²) >= 11 is 0. The van der Waals surface area contributed by atoms with Gasteiger partial charge in [-0.1, -0.05) is 30.3 Å². The van der Waals surface area contributed by atoms with E-state index in [4.69, 9.17) is 24.7 Å². The molecule has 3 aromatic rings. The highest BCUT2D eigenvalue weighted by Gasteiger charge is 2.05. The number of halogens is 1. The number of aliphatic imine (C=N–C) groups is 1. The van der Waals surface area contributed by atoms with Crippen LogP contribution in [0.4, 0.5) is 0 Å². The van der Waals surface area contributed by atoms with Crippen molar-refractivity contribution in [2.45, 2.75) is 13.1 Å². The third-order valence-electron chi connectivity index (χ3n) is 4.50. The van der Waals surface area contributed by atoms with Crippen LogP contribution in [0.3, 0.4) is 0 Å². The van der Waals surface area contributed by atoms with Gasteiger partial charge in [0.2, 0.25) is 5.88 Å². The molecule has 0 aliphatic heterocycles. The van der Waals surface area contributed by atoms with Crippen molar-refractivity contribution in [2.24, 2.45) is 10.7 Å². The van der Waals surface area contributed by atoms with Crippen LogP contribution < -0.4 is 30.0 Å². The predicted octanol–water partition coefficient (Wildman–Crippen LogP) is 3.78. The Hall–Kier alpha value is -3.21. The van der Waals surface area contributed by atoms with Gasteiger partial charge in [-0.05, 0) is 35.4 Å². The molecule has 0 atom stereocenters. The van der Waals surface area contributed by atoms with Gasteiger partial charge in [-0.3, -0.25) is 0 Å². The Bertz CT molecular complexity index is 1000. The molecule has 1 heterocycles. The van der Waals surface area contributed by atoms with Gasteiger partial charge in [-0.2, -0.15) is 0 Å². The van der Waals surface area contributed by atoms with Crippen molar-refractivity contribution in [1.29, 1.82) is 0 Å². The maximum atomic E-state index is 5.98. The number of para-hydroxylation sites is 1. The van der Waals surface area contributed by atoms with Gasteiger partial charge in [0.05, 0.1) is 20.8 Å². The average Bonchev–Trinajstić information content (AvgIpc) is 2.85. The van der Waals surface area contributed by atoms with Crippen molar-refractivity contribution in [3.8, 4) is 23.1 Å². The first-order valence-electron chi connectivity index (χ1n) is 10.2. The summed E-state index contributed by atoms with van der Waals surface area (Å²) in [7, 11) is 3.21. The summed E-state index contributed by atoms with van der Waals surface area (Å²) in [4.78, 5) is 8.65. The van der Waals surface area contributed by atoms with E-state index in [0.717, 1.165) is 16.9 Å². The third-order valence-corrected chi connectivity index (χ3v) is 4.50. The second-order valence-electron chi connectivity index (χ2n) is 6.76. The Morgan fingerprint density at radius 2 is 1.64 bits per heavy atom. The smallest absolute Gasteiger partial charge is 0.213 e. The van der Waals surface area contributed by atoms with Gasteiger partial charge in [0, 0.05) is 18.8 Å². The van der Waals surface area contributed by atoms with E-state index in [2.05, 4.69) is 15.3 Å². The molecule has 0 fully saturated rings. The van der Waals surface area contributed by atoms with Crippen molar-refractivity contribution in [3.05, 3.63) is 78.0 Å². The van der Waals surface area contributed by atoms with E-state index < -0.39 is 0 Å². The second-order valence-corrected chi connectivity index (χ2v) is 6.76. The van der Waals surface area contributed by atoms with Crippen LogP contribution >= 0.6 is 24.0 Å². The summed E-state index contributed by atoms with van der Waals surface area (Å²) in [5.74, 6) is 3.05. The van der Waals surface area contributed by atoms with E-state index in [9.17, 15) is 0 Å². The number of guanidine groups is 1. The highest BCUT2D eigenvalue weighted by molar-refractivity contribution is 14.0. The minimum Gasteiger partial charge on any atom is -0.493 e. The first-order chi connectivity index (χ1) is 15.7. The highest BCUT2D eigenvalue weighted by atomic mass is 127. The van der Waals surface area contributed by atoms with Crippen molar-refractivity contribution in [1.82, 2.24) is 10.3 Å². The van der Waals surface area contributed by atoms with E-state index in [1.165, 1.54) is 0 Å². The lowest BCUT2D eigenvalue weighted by atomic mass is 10.2. The van der Waals surface area contributed by atoms with Crippen LogP contribution in [0.1, 0.15) is 11.1 Å². The number of hydrogen-bond donors (Lipinski definition) is 2. The first-order valence-corrected chi connectivity index (χ1v) is 10.2. The van der Waals surface area contributed by atoms with Crippen LogP contribution in [0.25, 0.3) is 0 Å². The summed E-state index contributed by atoms with van der Waals surface area (Å²) in [6.07, 6.45) is 1.72. The zero-order valence-corrected chi connectivity index (χ0v) is 21.0. The quantitative estimate of drug-likeness (QED) is 0.158. The summed E-state index contributed by atoms with van der Waals surface area (Å²) < 4.78 is 21.7. The van der Waals surface area contributed by atoms with Crippen LogP contribution in [0.15, 0.2) is 71.9 Å². The molecule has 0 saturated carbocycles. The zero-order chi connectivity index (χ0) is 22.6. The first kappa shape index (κ1) is 26.0. The minimum absolute atomic E-state index is 0. The van der Waals surface area contributed by atoms with Gasteiger partial charge in [0.15, 0.2) is 17.5 Å². The number of nitrogens with two attached hydrogens (primary N) is 1. The molecule has 8 nitrogen and oxygen atoms in total. The molecular formula is C24H29IN4O4. The third kappa shape index (κ3) is 8.68. The lowest BCUT2D eigenvalue weighted by Gasteiger charge is -2.10. The molecular weight excluding hydrogens is 535 g/mol. The lowest BCUT2D eigenvalue weighted by molar-refractivity contribution is 0.212. The fourth-order valence-corrected chi connectivity index (χ4v) is 2.83. The molecule has 2 aromatic carbocycles. The molecule has 0 amide bonds. The standard InChI is InChI=1S/C24H28N4O4.HI/c1-29-21-10-8-18(14-22(21)30-2)15-27-24(25)28-17-19-9-11-23(26-16-19)32-13-12-31-20-6-4-3-5-7-20;/h3-11,14,16H,12-13,15,17H2,1-2H3,(H3,25,27,28);1H. The normalized spacial score (nSPS) is 10.7. The number of ether oxygens (including phenoxy) is 4. The number of benzene rings is 2. The SMILES string of the molecule is COc1ccc(CNC(N)=NCc2ccc(OCCOc3ccccc3)nc2)cc1OC.I. The van der Waals surface area contributed by atoms with E-state index in [1.807, 2.05) is 54.6 Å². The lowest BCUT2D eigenvalue weighted by Crippen LogP contribution is -2.31. The Labute approximate surface area is 211 Å². The van der Waals surface area contributed by atoms with Gasteiger partial charge in [-0.25, -0.2) is 9.98 Å². The van der Waals surface area contributed by atoms with Crippen LogP contribution in [0, 0.1) is 0 Å². The molecule has 33 heavy (non-hydrogen) atoms. The maximum absolute atomic E-state index is 5.98. The summed E-state index contributed by atoms with van der Waals surface area (Å²) in [5, 5.41) is 3.09. The molecule has 0 unspecified atom stereocenters. The van der Waals surface area contributed by atoms with E-state index in [0.29, 0.717) is 49.6 Å². The molecule has 3 rings (SSSR count). The Morgan fingerprint density at radius 1 is 0.909 bits per heavy atom. The maximum Gasteiger partial charge on any atom is 0.213 e. The number of hydrogen-bond acceptors (Lipinski definition) is 6. The van der Waals surface area contributed by atoms with Crippen LogP contribution in [-0.4, -0.2) is 38.4 Å². The van der Waals surface area contributed by atoms with Crippen molar-refractivity contribution >= 4 is 29.9 Å². The van der Waals surface area contributed by atoms with E-state index in [-0.39, 0.29) is 24.0 Å². The topological polar surface area (TPSA) is 100 Å². The van der Waals surface area contributed by atoms with Crippen LogP contribution in [0.5, 0.6) is 23.1 Å². The minimum atomic E-state index is 0. The molecule has 9 heteroatoms. The number of nitrogens with one attached hydrogen (secondary N) is 1. The average molecular weight is 564 g/mol. The monoisotopic (exact) mass is 564 g/mol. The molecule has 0 radical (unpaired) electrons. The van der Waals surface area contributed by atoms with Gasteiger partial charge in [0.25, 0.3) is 0 Å². The van der Waals surface area contributed by atoms with Crippen molar-refractivity contribution < 1.29 is 18.9 Å². The largest absolute Gasteiger partial charge is 0.493 e. The Morgan fingerprint density at radius 3 is 2.33 bits per heavy atom. The Balaban J connectivity index is 0.00000385. The Kier molecular flexibility index (Phi) is 11.1. The van der Waals surface area contributed by atoms with E-state index in [1.54, 1.807) is 26.5 Å². The number of nitrogens with zero attached hydrogens (tertiary/aromatic N) is 2. The van der Waals surface area contributed by atoms with Crippen molar-refractivity contribution in [3.63, 3.8) is 0 Å². The second kappa shape index (κ2) is 14.0. The zero-order valence-electron chi connectivity index (χ0n) is 18.7. The predicted molar refractivity (Wildman–Crippen MR) is 139 cm³/mol. The van der Waals surface area contributed by atoms with Gasteiger partial charge >= 0.3 is 0 Å². The summed E-state index contributed by atoms with van der Waals surface area (Å²) in [6.45, 7) is 1.79. The van der Waals surface area contributed by atoms with E-state index >= 15 is 0 Å². The summed E-state index contributed by atoms with van der Waals surface area (Å²) in [5.41, 5.74) is 7.90. The molecule has 1 aromatic heterocycles.